The first-order chi connectivity index (χ1) is 29.0. The van der Waals surface area contributed by atoms with E-state index in [2.05, 4.69) is 29.9 Å². The number of rotatable bonds is 10. The van der Waals surface area contributed by atoms with Gasteiger partial charge in [-0.2, -0.15) is 0 Å². The van der Waals surface area contributed by atoms with Gasteiger partial charge in [0.2, 0.25) is 6.79 Å². The number of halogens is 2. The minimum absolute atomic E-state index is 0.0120. The van der Waals surface area contributed by atoms with Gasteiger partial charge in [-0.3, -0.25) is 27.3 Å². The van der Waals surface area contributed by atoms with Gasteiger partial charge in [-0.15, -0.1) is 0 Å². The molecule has 7 heterocycles. The van der Waals surface area contributed by atoms with Gasteiger partial charge in [0, 0.05) is 11.4 Å². The van der Waals surface area contributed by atoms with Crippen molar-refractivity contribution in [1.82, 2.24) is 39.0 Å². The van der Waals surface area contributed by atoms with Crippen LogP contribution in [0.1, 0.15) is 40.2 Å². The van der Waals surface area contributed by atoms with Crippen molar-refractivity contribution in [2.24, 2.45) is 0 Å². The molecule has 3 fully saturated rings. The molecule has 4 aromatic rings. The van der Waals surface area contributed by atoms with E-state index < -0.39 is 120 Å². The van der Waals surface area contributed by atoms with E-state index in [4.69, 9.17) is 62.7 Å². The first-order valence-corrected chi connectivity index (χ1v) is 23.1. The van der Waals surface area contributed by atoms with Crippen LogP contribution in [0, 0.1) is 0 Å². The van der Waals surface area contributed by atoms with Gasteiger partial charge in [0.05, 0.1) is 38.1 Å². The molecule has 0 radical (unpaired) electrons. The SMILES string of the molecule is CC(C)OC(=O)OCOP1(=O)CO[C@H]2[C@@H](F)[C@H](n3cnc4c(N)ncnc43)O[C@@H]2COP(=O)(SCOC(=O)OC(C)C)O[C@@H]2[C@H](F)[C@@H](CO1)O[C@H]2n1cnc2c(N)ncnc21. The Morgan fingerprint density at radius 1 is 0.803 bits per heavy atom. The van der Waals surface area contributed by atoms with E-state index >= 15 is 8.78 Å². The second kappa shape index (κ2) is 18.5. The van der Waals surface area contributed by atoms with Crippen LogP contribution in [0.25, 0.3) is 22.3 Å². The summed E-state index contributed by atoms with van der Waals surface area (Å²) >= 11 is 0.323. The molecular weight excluding hydrogens is 884 g/mol. The molecule has 3 aliphatic heterocycles. The fourth-order valence-electron chi connectivity index (χ4n) is 6.16. The lowest BCUT2D eigenvalue weighted by Crippen LogP contribution is -2.36. The molecule has 334 valence electrons. The van der Waals surface area contributed by atoms with Crippen LogP contribution >= 0.6 is 25.8 Å². The number of anilines is 2. The molecule has 25 nitrogen and oxygen atoms in total. The van der Waals surface area contributed by atoms with Crippen molar-refractivity contribution in [1.29, 1.82) is 0 Å². The average Bonchev–Trinajstić information content (AvgIpc) is 3.96. The zero-order valence-electron chi connectivity index (χ0n) is 32.5. The topological polar surface area (TPSA) is 309 Å². The Kier molecular flexibility index (Phi) is 13.6. The summed E-state index contributed by atoms with van der Waals surface area (Å²) in [4.78, 5) is 48.8. The van der Waals surface area contributed by atoms with E-state index in [-0.39, 0.29) is 34.0 Å². The van der Waals surface area contributed by atoms with Crippen LogP contribution in [0.5, 0.6) is 0 Å². The highest BCUT2D eigenvalue weighted by Gasteiger charge is 2.54. The number of nitrogens with zero attached hydrogens (tertiary/aromatic N) is 8. The summed E-state index contributed by atoms with van der Waals surface area (Å²) in [5.41, 5.74) is 12.3. The van der Waals surface area contributed by atoms with E-state index in [1.165, 1.54) is 21.8 Å². The third kappa shape index (κ3) is 9.98. The Morgan fingerprint density at radius 3 is 2.00 bits per heavy atom. The smallest absolute Gasteiger partial charge is 0.432 e. The Bertz CT molecular complexity index is 2310. The van der Waals surface area contributed by atoms with Crippen molar-refractivity contribution in [3.05, 3.63) is 25.3 Å². The van der Waals surface area contributed by atoms with E-state index in [9.17, 15) is 18.7 Å². The molecular formula is C31H40F2N10O15P2S. The number of imidazole rings is 2. The molecule has 3 saturated heterocycles. The first kappa shape index (κ1) is 44.7. The summed E-state index contributed by atoms with van der Waals surface area (Å²) in [6.07, 6.45) is -14.1. The van der Waals surface area contributed by atoms with Crippen LogP contribution in [-0.4, -0.2) is 133 Å². The number of hydrogen-bond acceptors (Lipinski definition) is 24. The maximum Gasteiger partial charge on any atom is 0.510 e. The molecule has 0 amide bonds. The summed E-state index contributed by atoms with van der Waals surface area (Å²) < 4.78 is 125. The molecule has 4 aromatic heterocycles. The molecule has 4 N–H and O–H groups in total. The highest BCUT2D eigenvalue weighted by molar-refractivity contribution is 8.55. The normalized spacial score (nSPS) is 31.0. The van der Waals surface area contributed by atoms with Gasteiger partial charge in [-0.05, 0) is 27.7 Å². The van der Waals surface area contributed by atoms with Crippen molar-refractivity contribution >= 4 is 72.0 Å². The van der Waals surface area contributed by atoms with E-state index in [0.717, 1.165) is 12.7 Å². The highest BCUT2D eigenvalue weighted by Crippen LogP contribution is 2.64. The minimum atomic E-state index is -4.75. The van der Waals surface area contributed by atoms with Crippen molar-refractivity contribution in [2.75, 3.05) is 43.8 Å². The van der Waals surface area contributed by atoms with Gasteiger partial charge in [0.25, 0.3) is 0 Å². The average molecular weight is 925 g/mol. The van der Waals surface area contributed by atoms with Crippen LogP contribution in [-0.2, 0) is 60.4 Å². The van der Waals surface area contributed by atoms with Gasteiger partial charge in [0.1, 0.15) is 54.5 Å². The van der Waals surface area contributed by atoms with E-state index in [1.54, 1.807) is 27.7 Å². The summed E-state index contributed by atoms with van der Waals surface area (Å²) in [5, 5.41) is 0. The molecule has 2 unspecified atom stereocenters. The molecule has 2 bridgehead atoms. The van der Waals surface area contributed by atoms with Crippen molar-refractivity contribution in [3.63, 3.8) is 0 Å². The zero-order chi connectivity index (χ0) is 43.6. The highest BCUT2D eigenvalue weighted by atomic mass is 32.7. The van der Waals surface area contributed by atoms with E-state index in [0.29, 0.717) is 11.4 Å². The summed E-state index contributed by atoms with van der Waals surface area (Å²) in [6, 6.07) is 0. The summed E-state index contributed by atoms with van der Waals surface area (Å²) in [5.74, 6) is -0.739. The standard InChI is InChI=1S/C31H40F2N10O15P2S/c1-14(2)54-30(44)48-11-53-59(46)12-49-22-17(57-28(19(22)33)42-9-40-20-24(34)36-7-38-26(20)42)6-52-60(47,61-13-50-31(45)55-15(3)4)58-23-18(32)16(5-51-59)56-29(23)43-10-41-21-25(35)37-8-39-27(21)43/h7-10,14-19,22-23,28-29H,5-6,11-13H2,1-4H3,(H2,34,36,38)(H2,35,37,39)/t16-,17-,18-,19-,22-,23-,28-,29-,59?,60?/m1/s1. The maximum absolute atomic E-state index is 16.8. The number of carbonyl (C=O) groups excluding carboxylic acids is 2. The number of ether oxygens (including phenoxy) is 7. The minimum Gasteiger partial charge on any atom is -0.432 e. The number of fused-ring (bicyclic) bond motifs is 5. The lowest BCUT2D eigenvalue weighted by Gasteiger charge is -2.28. The second-order valence-electron chi connectivity index (χ2n) is 13.8. The summed E-state index contributed by atoms with van der Waals surface area (Å²) in [6.45, 7) is -1.17. The maximum atomic E-state index is 16.8. The van der Waals surface area contributed by atoms with Crippen LogP contribution in [0.15, 0.2) is 25.3 Å². The molecule has 30 heteroatoms. The largest absolute Gasteiger partial charge is 0.510 e. The van der Waals surface area contributed by atoms with Crippen molar-refractivity contribution in [2.45, 2.75) is 89.1 Å². The zero-order valence-corrected chi connectivity index (χ0v) is 35.1. The Morgan fingerprint density at radius 2 is 1.38 bits per heavy atom. The monoisotopic (exact) mass is 924 g/mol. The number of alkyl halides is 2. The number of nitrogens with two attached hydrogens (primary N) is 2. The Hall–Kier alpha value is -4.37. The van der Waals surface area contributed by atoms with Gasteiger partial charge >= 0.3 is 26.7 Å². The number of aromatic nitrogens is 8. The second-order valence-corrected chi connectivity index (χ2v) is 19.8. The molecule has 3 aliphatic rings. The molecule has 7 rings (SSSR count). The predicted octanol–water partition coefficient (Wildman–Crippen LogP) is 4.17. The number of nitrogen functional groups attached to an aromatic ring is 2. The Labute approximate surface area is 347 Å². The molecule has 0 aromatic carbocycles. The van der Waals surface area contributed by atoms with Crippen LogP contribution in [0.2, 0.25) is 0 Å². The molecule has 0 saturated carbocycles. The Balaban J connectivity index is 1.24. The third-order valence-corrected chi connectivity index (χ3v) is 13.7. The van der Waals surface area contributed by atoms with Crippen molar-refractivity contribution in [3.8, 4) is 0 Å². The van der Waals surface area contributed by atoms with E-state index in [1.807, 2.05) is 0 Å². The lowest BCUT2D eigenvalue weighted by molar-refractivity contribution is -0.0572. The molecule has 61 heavy (non-hydrogen) atoms. The molecule has 0 aliphatic carbocycles. The first-order valence-electron chi connectivity index (χ1n) is 18.2. The van der Waals surface area contributed by atoms with Gasteiger partial charge in [-0.25, -0.2) is 52.8 Å². The molecule has 0 spiro atoms. The number of carbonyl (C=O) groups is 2. The predicted molar refractivity (Wildman–Crippen MR) is 203 cm³/mol. The van der Waals surface area contributed by atoms with Crippen LogP contribution in [0.3, 0.4) is 0 Å². The van der Waals surface area contributed by atoms with Gasteiger partial charge in [-0.1, -0.05) is 0 Å². The van der Waals surface area contributed by atoms with Crippen LogP contribution in [0.4, 0.5) is 30.0 Å². The quantitative estimate of drug-likeness (QED) is 0.128. The summed E-state index contributed by atoms with van der Waals surface area (Å²) in [7, 11) is -4.66. The fraction of sp³-hybridized carbons (Fsp3) is 0.613. The molecule has 10 atom stereocenters. The third-order valence-electron chi connectivity index (χ3n) is 8.84. The fourth-order valence-corrected chi connectivity index (χ4v) is 10.1. The van der Waals surface area contributed by atoms with Gasteiger partial charge < -0.3 is 49.1 Å². The van der Waals surface area contributed by atoms with Crippen LogP contribution < -0.4 is 11.5 Å². The van der Waals surface area contributed by atoms with Crippen molar-refractivity contribution < 1.29 is 78.8 Å². The number of hydrogen-bond donors (Lipinski definition) is 2. The lowest BCUT2D eigenvalue weighted by atomic mass is 10.1. The van der Waals surface area contributed by atoms with Gasteiger partial charge in [0.15, 0.2) is 53.7 Å².